The zero-order valence-electron chi connectivity index (χ0n) is 11.2. The molecule has 0 aliphatic carbocycles. The van der Waals surface area contributed by atoms with Crippen LogP contribution in [0.5, 0.6) is 0 Å². The van der Waals surface area contributed by atoms with Crippen LogP contribution < -0.4 is 5.32 Å². The van der Waals surface area contributed by atoms with Gasteiger partial charge in [0.2, 0.25) is 0 Å². The number of carboxylic acid groups (broad SMARTS) is 1. The summed E-state index contributed by atoms with van der Waals surface area (Å²) in [6, 6.07) is 4.06. The Kier molecular flexibility index (Phi) is 4.49. The summed E-state index contributed by atoms with van der Waals surface area (Å²) >= 11 is 5.86. The summed E-state index contributed by atoms with van der Waals surface area (Å²) in [5, 5.41) is 12.1. The van der Waals surface area contributed by atoms with Gasteiger partial charge < -0.3 is 15.3 Å². The van der Waals surface area contributed by atoms with Crippen LogP contribution in [0.1, 0.15) is 30.1 Å². The van der Waals surface area contributed by atoms with Crippen LogP contribution in [0.2, 0.25) is 5.02 Å². The summed E-state index contributed by atoms with van der Waals surface area (Å²) in [6.45, 7) is 3.48. The lowest BCUT2D eigenvalue weighted by molar-refractivity contribution is 0.0698. The van der Waals surface area contributed by atoms with Gasteiger partial charge in [0.15, 0.2) is 0 Å². The normalized spacial score (nSPS) is 18.7. The standard InChI is InChI=1S/C14H17ClN2O3/c1-9-3-2-6-17(8-9)14(20)16-12-7-10(15)4-5-11(12)13(18)19/h4-5,7,9H,2-3,6,8H2,1H3,(H,16,20)(H,18,19). The number of benzene rings is 1. The van der Waals surface area contributed by atoms with E-state index >= 15 is 0 Å². The maximum atomic E-state index is 12.2. The third-order valence-electron chi connectivity index (χ3n) is 3.40. The van der Waals surface area contributed by atoms with E-state index in [0.717, 1.165) is 12.8 Å². The Morgan fingerprint density at radius 2 is 2.20 bits per heavy atom. The van der Waals surface area contributed by atoms with E-state index in [1.165, 1.54) is 18.2 Å². The number of carbonyl (C=O) groups is 2. The number of carboxylic acids is 1. The Hall–Kier alpha value is -1.75. The molecule has 1 saturated heterocycles. The molecule has 1 aliphatic heterocycles. The first-order valence-electron chi connectivity index (χ1n) is 6.56. The zero-order chi connectivity index (χ0) is 14.7. The summed E-state index contributed by atoms with van der Waals surface area (Å²) < 4.78 is 0. The predicted octanol–water partition coefficient (Wildman–Crippen LogP) is 3.30. The summed E-state index contributed by atoms with van der Waals surface area (Å²) in [5.74, 6) is -0.628. The molecular weight excluding hydrogens is 280 g/mol. The number of hydrogen-bond acceptors (Lipinski definition) is 2. The van der Waals surface area contributed by atoms with E-state index in [-0.39, 0.29) is 17.3 Å². The smallest absolute Gasteiger partial charge is 0.337 e. The fourth-order valence-corrected chi connectivity index (χ4v) is 2.55. The SMILES string of the molecule is CC1CCCN(C(=O)Nc2cc(Cl)ccc2C(=O)O)C1. The van der Waals surface area contributed by atoms with Gasteiger partial charge in [-0.1, -0.05) is 18.5 Å². The molecule has 20 heavy (non-hydrogen) atoms. The van der Waals surface area contributed by atoms with Gasteiger partial charge in [0.1, 0.15) is 0 Å². The van der Waals surface area contributed by atoms with Crippen molar-refractivity contribution < 1.29 is 14.7 Å². The molecule has 6 heteroatoms. The number of nitrogens with one attached hydrogen (secondary N) is 1. The Labute approximate surface area is 122 Å². The number of nitrogens with zero attached hydrogens (tertiary/aromatic N) is 1. The van der Waals surface area contributed by atoms with Crippen LogP contribution in [-0.4, -0.2) is 35.1 Å². The van der Waals surface area contributed by atoms with Crippen LogP contribution in [-0.2, 0) is 0 Å². The van der Waals surface area contributed by atoms with Gasteiger partial charge in [-0.05, 0) is 37.0 Å². The highest BCUT2D eigenvalue weighted by atomic mass is 35.5. The van der Waals surface area contributed by atoms with Crippen LogP contribution in [0.15, 0.2) is 18.2 Å². The van der Waals surface area contributed by atoms with Crippen LogP contribution in [0, 0.1) is 5.92 Å². The highest BCUT2D eigenvalue weighted by Gasteiger charge is 2.22. The molecule has 2 rings (SSSR count). The first kappa shape index (κ1) is 14.7. The minimum Gasteiger partial charge on any atom is -0.478 e. The first-order valence-corrected chi connectivity index (χ1v) is 6.94. The number of aromatic carboxylic acids is 1. The minimum absolute atomic E-state index is 0.0350. The molecular formula is C14H17ClN2O3. The summed E-state index contributed by atoms with van der Waals surface area (Å²) in [7, 11) is 0. The fourth-order valence-electron chi connectivity index (χ4n) is 2.37. The van der Waals surface area contributed by atoms with Gasteiger partial charge in [-0.3, -0.25) is 0 Å². The van der Waals surface area contributed by atoms with E-state index in [4.69, 9.17) is 16.7 Å². The Morgan fingerprint density at radius 1 is 1.45 bits per heavy atom. The van der Waals surface area contributed by atoms with Gasteiger partial charge in [-0.15, -0.1) is 0 Å². The molecule has 1 unspecified atom stereocenters. The van der Waals surface area contributed by atoms with Crippen molar-refractivity contribution in [2.75, 3.05) is 18.4 Å². The van der Waals surface area contributed by atoms with Crippen LogP contribution >= 0.6 is 11.6 Å². The van der Waals surface area contributed by atoms with Gasteiger partial charge in [-0.25, -0.2) is 9.59 Å². The van der Waals surface area contributed by atoms with Crippen molar-refractivity contribution in [2.24, 2.45) is 5.92 Å². The van der Waals surface area contributed by atoms with Gasteiger partial charge in [0, 0.05) is 18.1 Å². The monoisotopic (exact) mass is 296 g/mol. The van der Waals surface area contributed by atoms with Gasteiger partial charge in [0.05, 0.1) is 11.3 Å². The molecule has 1 fully saturated rings. The number of rotatable bonds is 2. The molecule has 1 aromatic carbocycles. The Morgan fingerprint density at radius 3 is 2.85 bits per heavy atom. The number of urea groups is 1. The maximum Gasteiger partial charge on any atom is 0.337 e. The van der Waals surface area contributed by atoms with E-state index < -0.39 is 5.97 Å². The number of carbonyl (C=O) groups excluding carboxylic acids is 1. The first-order chi connectivity index (χ1) is 9.47. The lowest BCUT2D eigenvalue weighted by atomic mass is 10.0. The largest absolute Gasteiger partial charge is 0.478 e. The van der Waals surface area contributed by atoms with Crippen molar-refractivity contribution in [3.05, 3.63) is 28.8 Å². The molecule has 1 atom stereocenters. The molecule has 1 aliphatic rings. The quantitative estimate of drug-likeness (QED) is 0.879. The topological polar surface area (TPSA) is 69.6 Å². The molecule has 2 amide bonds. The van der Waals surface area contributed by atoms with Crippen LogP contribution in [0.3, 0.4) is 0 Å². The maximum absolute atomic E-state index is 12.2. The average molecular weight is 297 g/mol. The van der Waals surface area contributed by atoms with Crippen molar-refractivity contribution in [3.8, 4) is 0 Å². The van der Waals surface area contributed by atoms with Crippen molar-refractivity contribution >= 4 is 29.3 Å². The number of halogens is 1. The van der Waals surface area contributed by atoms with E-state index in [1.807, 2.05) is 0 Å². The number of piperidine rings is 1. The molecule has 0 saturated carbocycles. The molecule has 0 bridgehead atoms. The van der Waals surface area contributed by atoms with Gasteiger partial charge >= 0.3 is 12.0 Å². The summed E-state index contributed by atoms with van der Waals surface area (Å²) in [5.41, 5.74) is 0.265. The number of anilines is 1. The Balaban J connectivity index is 2.14. The Bertz CT molecular complexity index is 533. The second kappa shape index (κ2) is 6.13. The highest BCUT2D eigenvalue weighted by molar-refractivity contribution is 6.31. The second-order valence-electron chi connectivity index (χ2n) is 5.12. The van der Waals surface area contributed by atoms with E-state index in [9.17, 15) is 9.59 Å². The second-order valence-corrected chi connectivity index (χ2v) is 5.56. The molecule has 108 valence electrons. The molecule has 1 aromatic rings. The van der Waals surface area contributed by atoms with Crippen molar-refractivity contribution in [1.29, 1.82) is 0 Å². The van der Waals surface area contributed by atoms with Gasteiger partial charge in [0.25, 0.3) is 0 Å². The third kappa shape index (κ3) is 3.42. The lowest BCUT2D eigenvalue weighted by Gasteiger charge is -2.31. The molecule has 0 radical (unpaired) electrons. The molecule has 5 nitrogen and oxygen atoms in total. The summed E-state index contributed by atoms with van der Waals surface area (Å²) in [6.07, 6.45) is 2.08. The van der Waals surface area contributed by atoms with Crippen LogP contribution in [0.25, 0.3) is 0 Å². The van der Waals surface area contributed by atoms with E-state index in [1.54, 1.807) is 4.90 Å². The molecule has 2 N–H and O–H groups in total. The molecule has 0 spiro atoms. The highest BCUT2D eigenvalue weighted by Crippen LogP contribution is 2.23. The fraction of sp³-hybridized carbons (Fsp3) is 0.429. The molecule has 1 heterocycles. The number of likely N-dealkylation sites (tertiary alicyclic amines) is 1. The number of hydrogen-bond donors (Lipinski definition) is 2. The average Bonchev–Trinajstić information content (AvgIpc) is 2.38. The minimum atomic E-state index is -1.09. The van der Waals surface area contributed by atoms with Crippen molar-refractivity contribution in [3.63, 3.8) is 0 Å². The predicted molar refractivity (Wildman–Crippen MR) is 77.4 cm³/mol. The zero-order valence-corrected chi connectivity index (χ0v) is 12.0. The van der Waals surface area contributed by atoms with Crippen molar-refractivity contribution in [2.45, 2.75) is 19.8 Å². The van der Waals surface area contributed by atoms with Crippen LogP contribution in [0.4, 0.5) is 10.5 Å². The number of amides is 2. The third-order valence-corrected chi connectivity index (χ3v) is 3.63. The lowest BCUT2D eigenvalue weighted by Crippen LogP contribution is -2.41. The van der Waals surface area contributed by atoms with Gasteiger partial charge in [-0.2, -0.15) is 0 Å². The molecule has 0 aromatic heterocycles. The summed E-state index contributed by atoms with van der Waals surface area (Å²) in [4.78, 5) is 25.0. The van der Waals surface area contributed by atoms with Crippen molar-refractivity contribution in [1.82, 2.24) is 4.90 Å². The van der Waals surface area contributed by atoms with E-state index in [2.05, 4.69) is 12.2 Å². The van der Waals surface area contributed by atoms with E-state index in [0.29, 0.717) is 24.0 Å².